The fourth-order valence-electron chi connectivity index (χ4n) is 3.02. The van der Waals surface area contributed by atoms with Gasteiger partial charge in [0.05, 0.1) is 16.6 Å². The van der Waals surface area contributed by atoms with Crippen molar-refractivity contribution in [2.75, 3.05) is 11.9 Å². The highest BCUT2D eigenvalue weighted by Gasteiger charge is 2.11. The summed E-state index contributed by atoms with van der Waals surface area (Å²) in [5, 5.41) is 23.3. The van der Waals surface area contributed by atoms with Crippen LogP contribution in [0.15, 0.2) is 65.1 Å². The van der Waals surface area contributed by atoms with Crippen LogP contribution in [-0.4, -0.2) is 17.4 Å². The Kier molecular flexibility index (Phi) is 7.59. The van der Waals surface area contributed by atoms with Gasteiger partial charge >= 0.3 is 0 Å². The number of benzene rings is 3. The number of anilines is 1. The highest BCUT2D eigenvalue weighted by molar-refractivity contribution is 9.10. The lowest BCUT2D eigenvalue weighted by atomic mass is 10.0. The Balaban J connectivity index is 1.79. The van der Waals surface area contributed by atoms with Gasteiger partial charge in [-0.2, -0.15) is 5.26 Å². The molecule has 1 N–H and O–H groups in total. The zero-order chi connectivity index (χ0) is 24.0. The van der Waals surface area contributed by atoms with Crippen LogP contribution < -0.4 is 10.1 Å². The summed E-state index contributed by atoms with van der Waals surface area (Å²) in [6.07, 6.45) is 1.61. The summed E-state index contributed by atoms with van der Waals surface area (Å²) in [6, 6.07) is 18.7. The number of hydrogen-bond acceptors (Lipinski definition) is 5. The molecule has 0 aliphatic heterocycles. The number of nitriles is 1. The van der Waals surface area contributed by atoms with Crippen LogP contribution in [-0.2, 0) is 4.79 Å². The molecule has 0 saturated carbocycles. The van der Waals surface area contributed by atoms with E-state index in [1.54, 1.807) is 24.3 Å². The Morgan fingerprint density at radius 3 is 2.48 bits per heavy atom. The molecule has 1 amide bonds. The molecule has 0 unspecified atom stereocenters. The quantitative estimate of drug-likeness (QED) is 0.182. The third-order valence-electron chi connectivity index (χ3n) is 4.93. The first-order chi connectivity index (χ1) is 15.8. The number of nitro benzene ring substituents is 1. The van der Waals surface area contributed by atoms with Gasteiger partial charge in [0, 0.05) is 27.9 Å². The van der Waals surface area contributed by atoms with Crippen LogP contribution in [0.4, 0.5) is 11.4 Å². The monoisotopic (exact) mass is 505 g/mol. The smallest absolute Gasteiger partial charge is 0.269 e. The summed E-state index contributed by atoms with van der Waals surface area (Å²) in [4.78, 5) is 22.8. The number of carbonyl (C=O) groups is 1. The normalized spacial score (nSPS) is 10.9. The van der Waals surface area contributed by atoms with Gasteiger partial charge < -0.3 is 10.1 Å². The fourth-order valence-corrected chi connectivity index (χ4v) is 3.40. The lowest BCUT2D eigenvalue weighted by Crippen LogP contribution is -2.20. The second kappa shape index (κ2) is 10.6. The van der Waals surface area contributed by atoms with Crippen molar-refractivity contribution >= 4 is 44.9 Å². The molecule has 3 aromatic carbocycles. The second-order valence-corrected chi connectivity index (χ2v) is 8.21. The molecule has 0 atom stereocenters. The van der Waals surface area contributed by atoms with Crippen LogP contribution in [0.3, 0.4) is 0 Å². The minimum absolute atomic E-state index is 0.0581. The summed E-state index contributed by atoms with van der Waals surface area (Å²) in [7, 11) is 0. The van der Waals surface area contributed by atoms with E-state index in [-0.39, 0.29) is 18.2 Å². The molecule has 8 heteroatoms. The van der Waals surface area contributed by atoms with Crippen molar-refractivity contribution < 1.29 is 14.5 Å². The van der Waals surface area contributed by atoms with Gasteiger partial charge in [0.15, 0.2) is 6.61 Å². The van der Waals surface area contributed by atoms with E-state index in [0.29, 0.717) is 28.1 Å². The van der Waals surface area contributed by atoms with Gasteiger partial charge in [-0.05, 0) is 79.1 Å². The topological polar surface area (TPSA) is 105 Å². The molecular weight excluding hydrogens is 486 g/mol. The van der Waals surface area contributed by atoms with E-state index in [4.69, 9.17) is 4.74 Å². The van der Waals surface area contributed by atoms with Gasteiger partial charge in [-0.3, -0.25) is 14.9 Å². The highest BCUT2D eigenvalue weighted by Crippen LogP contribution is 2.28. The van der Waals surface area contributed by atoms with Crippen molar-refractivity contribution in [1.29, 1.82) is 5.26 Å². The number of ether oxygens (including phenoxy) is 1. The van der Waals surface area contributed by atoms with E-state index in [1.807, 2.05) is 32.0 Å². The predicted molar refractivity (Wildman–Crippen MR) is 131 cm³/mol. The standard InChI is InChI=1S/C25H20BrN3O4/c1-16-3-7-22(11-17(16)2)28-25(30)15-33-24-10-6-21(26)13-19(24)12-20(14-27)18-4-8-23(9-5-18)29(31)32/h3-13H,15H2,1-2H3,(H,28,30)/b20-12+. The van der Waals surface area contributed by atoms with Crippen molar-refractivity contribution in [1.82, 2.24) is 0 Å². The van der Waals surface area contributed by atoms with E-state index >= 15 is 0 Å². The van der Waals surface area contributed by atoms with Gasteiger partial charge in [0.1, 0.15) is 5.75 Å². The summed E-state index contributed by atoms with van der Waals surface area (Å²) >= 11 is 3.40. The Morgan fingerprint density at radius 1 is 1.12 bits per heavy atom. The highest BCUT2D eigenvalue weighted by atomic mass is 79.9. The maximum absolute atomic E-state index is 12.4. The number of non-ortho nitro benzene ring substituents is 1. The molecule has 0 saturated heterocycles. The Bertz CT molecular complexity index is 1280. The Labute approximate surface area is 199 Å². The van der Waals surface area contributed by atoms with E-state index < -0.39 is 4.92 Å². The molecule has 0 heterocycles. The number of aryl methyl sites for hydroxylation is 2. The predicted octanol–water partition coefficient (Wildman–Crippen LogP) is 6.06. The third-order valence-corrected chi connectivity index (χ3v) is 5.42. The van der Waals surface area contributed by atoms with Crippen LogP contribution in [0.25, 0.3) is 11.6 Å². The molecule has 0 radical (unpaired) electrons. The molecule has 166 valence electrons. The molecule has 33 heavy (non-hydrogen) atoms. The van der Waals surface area contributed by atoms with Gasteiger partial charge in [-0.15, -0.1) is 0 Å². The zero-order valence-electron chi connectivity index (χ0n) is 18.0. The zero-order valence-corrected chi connectivity index (χ0v) is 19.5. The minimum Gasteiger partial charge on any atom is -0.483 e. The SMILES string of the molecule is Cc1ccc(NC(=O)COc2ccc(Br)cc2/C=C(\C#N)c2ccc([N+](=O)[O-])cc2)cc1C. The number of rotatable bonds is 7. The molecule has 3 aromatic rings. The van der Waals surface area contributed by atoms with Crippen molar-refractivity contribution in [2.45, 2.75) is 13.8 Å². The largest absolute Gasteiger partial charge is 0.483 e. The van der Waals surface area contributed by atoms with Crippen molar-refractivity contribution in [3.8, 4) is 11.8 Å². The van der Waals surface area contributed by atoms with Crippen LogP contribution in [0, 0.1) is 35.3 Å². The van der Waals surface area contributed by atoms with Gasteiger partial charge in [0.25, 0.3) is 11.6 Å². The van der Waals surface area contributed by atoms with Gasteiger partial charge in [-0.25, -0.2) is 0 Å². The number of halogens is 1. The van der Waals surface area contributed by atoms with Crippen molar-refractivity contribution in [3.63, 3.8) is 0 Å². The van der Waals surface area contributed by atoms with Crippen LogP contribution in [0.1, 0.15) is 22.3 Å². The average Bonchev–Trinajstić information content (AvgIpc) is 2.79. The van der Waals surface area contributed by atoms with Crippen LogP contribution >= 0.6 is 15.9 Å². The fraction of sp³-hybridized carbons (Fsp3) is 0.120. The number of nitrogens with zero attached hydrogens (tertiary/aromatic N) is 2. The number of nitrogens with one attached hydrogen (secondary N) is 1. The van der Waals surface area contributed by atoms with Gasteiger partial charge in [0.2, 0.25) is 0 Å². The summed E-state index contributed by atoms with van der Waals surface area (Å²) in [6.45, 7) is 3.76. The van der Waals surface area contributed by atoms with E-state index in [2.05, 4.69) is 27.3 Å². The summed E-state index contributed by atoms with van der Waals surface area (Å²) in [5.41, 5.74) is 4.25. The number of hydrogen-bond donors (Lipinski definition) is 1. The third kappa shape index (κ3) is 6.28. The van der Waals surface area contributed by atoms with Gasteiger partial charge in [-0.1, -0.05) is 22.0 Å². The summed E-state index contributed by atoms with van der Waals surface area (Å²) in [5.74, 6) is 0.107. The lowest BCUT2D eigenvalue weighted by molar-refractivity contribution is -0.384. The second-order valence-electron chi connectivity index (χ2n) is 7.29. The maximum atomic E-state index is 12.4. The molecule has 0 bridgehead atoms. The van der Waals surface area contributed by atoms with Crippen molar-refractivity contribution in [2.24, 2.45) is 0 Å². The number of carbonyl (C=O) groups excluding carboxylic acids is 1. The lowest BCUT2D eigenvalue weighted by Gasteiger charge is -2.12. The first-order valence-electron chi connectivity index (χ1n) is 9.93. The first-order valence-corrected chi connectivity index (χ1v) is 10.7. The van der Waals surface area contributed by atoms with E-state index in [9.17, 15) is 20.2 Å². The maximum Gasteiger partial charge on any atom is 0.269 e. The number of allylic oxidation sites excluding steroid dienone is 1. The van der Waals surface area contributed by atoms with E-state index in [0.717, 1.165) is 15.6 Å². The first kappa shape index (κ1) is 23.7. The molecule has 0 spiro atoms. The van der Waals surface area contributed by atoms with Crippen LogP contribution in [0.5, 0.6) is 5.75 Å². The number of amides is 1. The van der Waals surface area contributed by atoms with Crippen LogP contribution in [0.2, 0.25) is 0 Å². The molecule has 0 fully saturated rings. The molecule has 0 aliphatic rings. The minimum atomic E-state index is -0.497. The Hall–Kier alpha value is -3.96. The molecule has 7 nitrogen and oxygen atoms in total. The van der Waals surface area contributed by atoms with E-state index in [1.165, 1.54) is 24.3 Å². The molecule has 0 aromatic heterocycles. The molecule has 0 aliphatic carbocycles. The molecule has 3 rings (SSSR count). The van der Waals surface area contributed by atoms with Crippen molar-refractivity contribution in [3.05, 3.63) is 97.5 Å². The Morgan fingerprint density at radius 2 is 1.85 bits per heavy atom. The molecular formula is C25H20BrN3O4. The number of nitro groups is 1. The summed E-state index contributed by atoms with van der Waals surface area (Å²) < 4.78 is 6.50. The average molecular weight is 506 g/mol.